The van der Waals surface area contributed by atoms with Crippen LogP contribution in [0.4, 0.5) is 0 Å². The van der Waals surface area contributed by atoms with Crippen LogP contribution >= 0.6 is 0 Å². The van der Waals surface area contributed by atoms with E-state index in [0.717, 1.165) is 6.54 Å². The minimum atomic E-state index is -0.722. The van der Waals surface area contributed by atoms with Gasteiger partial charge in [0.15, 0.2) is 0 Å². The van der Waals surface area contributed by atoms with E-state index in [4.69, 9.17) is 10.2 Å². The number of carbonyl (C=O) groups is 1. The molecular formula is C9H17NO3. The van der Waals surface area contributed by atoms with Crippen molar-refractivity contribution in [3.05, 3.63) is 0 Å². The van der Waals surface area contributed by atoms with Gasteiger partial charge in [-0.3, -0.25) is 9.69 Å². The van der Waals surface area contributed by atoms with E-state index >= 15 is 0 Å². The standard InChI is InChI=1S/C9H17NO3/c1-6(11)5-10-4-3-8(7(10)2)9(12)13/h6-8,11H,3-5H2,1-2H3,(H,12,13). The smallest absolute Gasteiger partial charge is 0.308 e. The molecule has 3 unspecified atom stereocenters. The molecule has 76 valence electrons. The Hall–Kier alpha value is -0.610. The summed E-state index contributed by atoms with van der Waals surface area (Å²) < 4.78 is 0. The van der Waals surface area contributed by atoms with Crippen molar-refractivity contribution in [2.45, 2.75) is 32.4 Å². The summed E-state index contributed by atoms with van der Waals surface area (Å²) in [7, 11) is 0. The molecule has 4 nitrogen and oxygen atoms in total. The molecule has 1 fully saturated rings. The van der Waals surface area contributed by atoms with Gasteiger partial charge in [-0.2, -0.15) is 0 Å². The van der Waals surface area contributed by atoms with Crippen LogP contribution in [0, 0.1) is 5.92 Å². The van der Waals surface area contributed by atoms with Crippen LogP contribution in [0.25, 0.3) is 0 Å². The van der Waals surface area contributed by atoms with Crippen molar-refractivity contribution in [3.8, 4) is 0 Å². The van der Waals surface area contributed by atoms with E-state index in [9.17, 15) is 4.79 Å². The summed E-state index contributed by atoms with van der Waals surface area (Å²) in [5.74, 6) is -0.987. The van der Waals surface area contributed by atoms with E-state index < -0.39 is 5.97 Å². The Morgan fingerprint density at radius 3 is 2.69 bits per heavy atom. The van der Waals surface area contributed by atoms with Crippen LogP contribution in [-0.2, 0) is 4.79 Å². The fourth-order valence-electron chi connectivity index (χ4n) is 1.93. The molecule has 4 heteroatoms. The molecule has 0 amide bonds. The zero-order valence-corrected chi connectivity index (χ0v) is 8.10. The van der Waals surface area contributed by atoms with Crippen LogP contribution in [-0.4, -0.2) is 46.3 Å². The molecule has 1 aliphatic rings. The lowest BCUT2D eigenvalue weighted by molar-refractivity contribution is -0.142. The van der Waals surface area contributed by atoms with Crippen molar-refractivity contribution in [2.24, 2.45) is 5.92 Å². The summed E-state index contributed by atoms with van der Waals surface area (Å²) in [4.78, 5) is 12.8. The molecule has 0 aliphatic carbocycles. The predicted octanol–water partition coefficient (Wildman–Crippen LogP) is 0.162. The Kier molecular flexibility index (Phi) is 3.27. The Balaban J connectivity index is 2.50. The SMILES string of the molecule is CC(O)CN1CCC(C(=O)O)C1C. The highest BCUT2D eigenvalue weighted by Crippen LogP contribution is 2.24. The molecule has 3 atom stereocenters. The molecule has 1 heterocycles. The van der Waals surface area contributed by atoms with E-state index in [1.54, 1.807) is 6.92 Å². The van der Waals surface area contributed by atoms with Gasteiger partial charge >= 0.3 is 5.97 Å². The number of nitrogens with zero attached hydrogens (tertiary/aromatic N) is 1. The number of β-amino-alcohol motifs (C(OH)–C–C–N with tert-alkyl or cyclic N) is 1. The van der Waals surface area contributed by atoms with Crippen LogP contribution in [0.3, 0.4) is 0 Å². The first-order chi connectivity index (χ1) is 6.02. The summed E-state index contributed by atoms with van der Waals surface area (Å²) in [5, 5.41) is 18.0. The van der Waals surface area contributed by atoms with Crippen molar-refractivity contribution >= 4 is 5.97 Å². The molecule has 0 aromatic heterocycles. The number of aliphatic carboxylic acids is 1. The average Bonchev–Trinajstić information content (AvgIpc) is 2.32. The highest BCUT2D eigenvalue weighted by molar-refractivity contribution is 5.71. The Morgan fingerprint density at radius 1 is 1.69 bits per heavy atom. The maximum absolute atomic E-state index is 10.8. The summed E-state index contributed by atoms with van der Waals surface area (Å²) in [6, 6.07) is 0.0482. The third kappa shape index (κ3) is 2.42. The fraction of sp³-hybridized carbons (Fsp3) is 0.889. The zero-order valence-electron chi connectivity index (χ0n) is 8.10. The van der Waals surface area contributed by atoms with Gasteiger partial charge in [-0.15, -0.1) is 0 Å². The maximum Gasteiger partial charge on any atom is 0.308 e. The van der Waals surface area contributed by atoms with Crippen molar-refractivity contribution in [3.63, 3.8) is 0 Å². The monoisotopic (exact) mass is 187 g/mol. The van der Waals surface area contributed by atoms with Crippen molar-refractivity contribution < 1.29 is 15.0 Å². The third-order valence-corrected chi connectivity index (χ3v) is 2.70. The van der Waals surface area contributed by atoms with E-state index in [1.807, 2.05) is 11.8 Å². The Bertz CT molecular complexity index is 193. The topological polar surface area (TPSA) is 60.8 Å². The van der Waals surface area contributed by atoms with Gasteiger partial charge in [-0.25, -0.2) is 0 Å². The van der Waals surface area contributed by atoms with Crippen molar-refractivity contribution in [1.82, 2.24) is 4.90 Å². The molecule has 0 saturated carbocycles. The van der Waals surface area contributed by atoms with E-state index in [0.29, 0.717) is 13.0 Å². The van der Waals surface area contributed by atoms with E-state index in [-0.39, 0.29) is 18.1 Å². The Morgan fingerprint density at radius 2 is 2.31 bits per heavy atom. The average molecular weight is 187 g/mol. The van der Waals surface area contributed by atoms with Crippen LogP contribution in [0.5, 0.6) is 0 Å². The van der Waals surface area contributed by atoms with Crippen LogP contribution in [0.2, 0.25) is 0 Å². The number of carboxylic acid groups (broad SMARTS) is 1. The number of likely N-dealkylation sites (tertiary alicyclic amines) is 1. The van der Waals surface area contributed by atoms with Gasteiger partial charge in [0, 0.05) is 12.6 Å². The molecule has 2 N–H and O–H groups in total. The quantitative estimate of drug-likeness (QED) is 0.661. The van der Waals surface area contributed by atoms with Gasteiger partial charge in [-0.1, -0.05) is 0 Å². The lowest BCUT2D eigenvalue weighted by Crippen LogP contribution is -2.37. The number of rotatable bonds is 3. The summed E-state index contributed by atoms with van der Waals surface area (Å²) in [5.41, 5.74) is 0. The molecule has 0 spiro atoms. The minimum Gasteiger partial charge on any atom is -0.481 e. The van der Waals surface area contributed by atoms with Gasteiger partial charge in [0.2, 0.25) is 0 Å². The predicted molar refractivity (Wildman–Crippen MR) is 48.5 cm³/mol. The lowest BCUT2D eigenvalue weighted by Gasteiger charge is -2.23. The van der Waals surface area contributed by atoms with E-state index in [2.05, 4.69) is 0 Å². The second-order valence-corrected chi connectivity index (χ2v) is 3.82. The normalized spacial score (nSPS) is 31.9. The van der Waals surface area contributed by atoms with E-state index in [1.165, 1.54) is 0 Å². The first kappa shape index (κ1) is 10.5. The number of hydrogen-bond donors (Lipinski definition) is 2. The second kappa shape index (κ2) is 4.07. The number of hydrogen-bond acceptors (Lipinski definition) is 3. The zero-order chi connectivity index (χ0) is 10.0. The molecule has 0 bridgehead atoms. The van der Waals surface area contributed by atoms with Crippen molar-refractivity contribution in [2.75, 3.05) is 13.1 Å². The van der Waals surface area contributed by atoms with Gasteiger partial charge in [-0.05, 0) is 26.8 Å². The lowest BCUT2D eigenvalue weighted by atomic mass is 10.0. The first-order valence-electron chi connectivity index (χ1n) is 4.67. The third-order valence-electron chi connectivity index (χ3n) is 2.70. The summed E-state index contributed by atoms with van der Waals surface area (Å²) in [6.07, 6.45) is 0.318. The molecule has 1 saturated heterocycles. The van der Waals surface area contributed by atoms with Gasteiger partial charge in [0.1, 0.15) is 0 Å². The fourth-order valence-corrected chi connectivity index (χ4v) is 1.93. The van der Waals surface area contributed by atoms with Crippen LogP contribution < -0.4 is 0 Å². The summed E-state index contributed by atoms with van der Waals surface area (Å²) in [6.45, 7) is 4.99. The molecule has 0 aromatic rings. The largest absolute Gasteiger partial charge is 0.481 e. The van der Waals surface area contributed by atoms with Crippen LogP contribution in [0.15, 0.2) is 0 Å². The highest BCUT2D eigenvalue weighted by Gasteiger charge is 2.35. The molecular weight excluding hydrogens is 170 g/mol. The molecule has 1 aliphatic heterocycles. The number of aliphatic hydroxyl groups excluding tert-OH is 1. The molecule has 1 rings (SSSR count). The summed E-state index contributed by atoms with van der Waals surface area (Å²) >= 11 is 0. The Labute approximate surface area is 78.2 Å². The maximum atomic E-state index is 10.8. The second-order valence-electron chi connectivity index (χ2n) is 3.82. The molecule has 13 heavy (non-hydrogen) atoms. The number of carboxylic acids is 1. The van der Waals surface area contributed by atoms with Gasteiger partial charge in [0.25, 0.3) is 0 Å². The van der Waals surface area contributed by atoms with Crippen LogP contribution in [0.1, 0.15) is 20.3 Å². The minimum absolute atomic E-state index is 0.0482. The molecule has 0 radical (unpaired) electrons. The molecule has 0 aromatic carbocycles. The van der Waals surface area contributed by atoms with Gasteiger partial charge < -0.3 is 10.2 Å². The van der Waals surface area contributed by atoms with Gasteiger partial charge in [0.05, 0.1) is 12.0 Å². The number of aliphatic hydroxyl groups is 1. The highest BCUT2D eigenvalue weighted by atomic mass is 16.4. The first-order valence-corrected chi connectivity index (χ1v) is 4.67. The van der Waals surface area contributed by atoms with Crippen molar-refractivity contribution in [1.29, 1.82) is 0 Å².